The first kappa shape index (κ1) is 15.6. The van der Waals surface area contributed by atoms with E-state index in [-0.39, 0.29) is 5.92 Å². The monoisotopic (exact) mass is 315 g/mol. The number of esters is 2. The zero-order valence-electron chi connectivity index (χ0n) is 13.9. The molecule has 1 atom stereocenters. The summed E-state index contributed by atoms with van der Waals surface area (Å²) in [5.41, 5.74) is 2.06. The summed E-state index contributed by atoms with van der Waals surface area (Å²) >= 11 is 0. The Labute approximate surface area is 135 Å². The van der Waals surface area contributed by atoms with E-state index in [0.29, 0.717) is 12.8 Å². The number of rotatable bonds is 2. The van der Waals surface area contributed by atoms with Gasteiger partial charge in [-0.2, -0.15) is 0 Å². The number of fused-ring (bicyclic) bond motifs is 3. The van der Waals surface area contributed by atoms with E-state index in [0.717, 1.165) is 11.2 Å². The van der Waals surface area contributed by atoms with Crippen molar-refractivity contribution in [2.45, 2.75) is 25.7 Å². The van der Waals surface area contributed by atoms with Crippen LogP contribution in [0.25, 0.3) is 10.9 Å². The predicted molar refractivity (Wildman–Crippen MR) is 86.1 cm³/mol. The standard InChI is InChI=1S/C18H21NO4/c1-11-9-18(16(20)22-3,17(21)23-4)10-14-15(11)12-7-5-6-8-13(12)19(14)2/h5-8,11H,9-10H2,1-4H3. The van der Waals surface area contributed by atoms with Crippen molar-refractivity contribution in [2.75, 3.05) is 14.2 Å². The topological polar surface area (TPSA) is 57.5 Å². The Bertz CT molecular complexity index is 774. The number of carbonyl (C=O) groups is 2. The number of hydrogen-bond donors (Lipinski definition) is 0. The minimum absolute atomic E-state index is 0.0584. The Kier molecular flexibility index (Phi) is 3.66. The van der Waals surface area contributed by atoms with Gasteiger partial charge in [-0.05, 0) is 24.0 Å². The van der Waals surface area contributed by atoms with Crippen LogP contribution in [-0.2, 0) is 32.5 Å². The largest absolute Gasteiger partial charge is 0.468 e. The van der Waals surface area contributed by atoms with E-state index in [1.165, 1.54) is 25.2 Å². The van der Waals surface area contributed by atoms with Gasteiger partial charge >= 0.3 is 11.9 Å². The van der Waals surface area contributed by atoms with Crippen LogP contribution in [0.5, 0.6) is 0 Å². The van der Waals surface area contributed by atoms with Gasteiger partial charge in [0.25, 0.3) is 0 Å². The highest BCUT2D eigenvalue weighted by atomic mass is 16.5. The van der Waals surface area contributed by atoms with Crippen LogP contribution < -0.4 is 0 Å². The number of hydrogen-bond acceptors (Lipinski definition) is 4. The number of aromatic nitrogens is 1. The van der Waals surface area contributed by atoms with Gasteiger partial charge in [-0.1, -0.05) is 25.1 Å². The summed E-state index contributed by atoms with van der Waals surface area (Å²) in [6.45, 7) is 2.05. The number of methoxy groups -OCH3 is 2. The summed E-state index contributed by atoms with van der Waals surface area (Å²) in [6.07, 6.45) is 0.699. The summed E-state index contributed by atoms with van der Waals surface area (Å²) < 4.78 is 12.0. The summed E-state index contributed by atoms with van der Waals surface area (Å²) in [5, 5.41) is 1.18. The third-order valence-corrected chi connectivity index (χ3v) is 5.04. The summed E-state index contributed by atoms with van der Waals surface area (Å²) in [4.78, 5) is 24.9. The van der Waals surface area contributed by atoms with E-state index in [9.17, 15) is 9.59 Å². The smallest absolute Gasteiger partial charge is 0.323 e. The van der Waals surface area contributed by atoms with Crippen LogP contribution in [-0.4, -0.2) is 30.7 Å². The van der Waals surface area contributed by atoms with E-state index in [2.05, 4.69) is 16.7 Å². The first-order valence-electron chi connectivity index (χ1n) is 7.69. The normalized spacial score (nSPS) is 19.2. The fourth-order valence-electron chi connectivity index (χ4n) is 4.01. The second-order valence-corrected chi connectivity index (χ2v) is 6.28. The minimum atomic E-state index is -1.27. The minimum Gasteiger partial charge on any atom is -0.468 e. The number of ether oxygens (including phenoxy) is 2. The molecule has 0 radical (unpaired) electrons. The number of aryl methyl sites for hydroxylation is 1. The zero-order chi connectivity index (χ0) is 16.8. The van der Waals surface area contributed by atoms with Crippen LogP contribution in [0.15, 0.2) is 24.3 Å². The Balaban J connectivity index is 2.23. The number of nitrogens with zero attached hydrogens (tertiary/aromatic N) is 1. The SMILES string of the molecule is COC(=O)C1(C(=O)OC)Cc2c(c3ccccc3n2C)C(C)C1. The lowest BCUT2D eigenvalue weighted by Gasteiger charge is -2.35. The molecule has 1 aliphatic rings. The predicted octanol–water partition coefficient (Wildman–Crippen LogP) is 2.56. The third kappa shape index (κ3) is 2.06. The Morgan fingerprint density at radius 3 is 2.39 bits per heavy atom. The van der Waals surface area contributed by atoms with Crippen molar-refractivity contribution < 1.29 is 19.1 Å². The average Bonchev–Trinajstić information content (AvgIpc) is 2.86. The average molecular weight is 315 g/mol. The molecule has 5 nitrogen and oxygen atoms in total. The molecule has 0 bridgehead atoms. The quantitative estimate of drug-likeness (QED) is 0.631. The molecule has 1 heterocycles. The first-order chi connectivity index (χ1) is 11.0. The van der Waals surface area contributed by atoms with Crippen LogP contribution in [0.4, 0.5) is 0 Å². The van der Waals surface area contributed by atoms with Gasteiger partial charge in [-0.25, -0.2) is 0 Å². The summed E-state index contributed by atoms with van der Waals surface area (Å²) in [7, 11) is 4.60. The van der Waals surface area contributed by atoms with Crippen LogP contribution in [0.2, 0.25) is 0 Å². The molecule has 0 amide bonds. The van der Waals surface area contributed by atoms with Gasteiger partial charge in [0, 0.05) is 30.1 Å². The third-order valence-electron chi connectivity index (χ3n) is 5.04. The van der Waals surface area contributed by atoms with Crippen LogP contribution in [0.3, 0.4) is 0 Å². The van der Waals surface area contributed by atoms with E-state index in [1.807, 2.05) is 26.1 Å². The molecule has 0 fully saturated rings. The summed E-state index contributed by atoms with van der Waals surface area (Å²) in [6, 6.07) is 8.15. The highest BCUT2D eigenvalue weighted by Gasteiger charge is 2.53. The lowest BCUT2D eigenvalue weighted by atomic mass is 9.69. The van der Waals surface area contributed by atoms with Crippen LogP contribution in [0, 0.1) is 5.41 Å². The molecule has 0 saturated heterocycles. The summed E-state index contributed by atoms with van der Waals surface area (Å²) in [5.74, 6) is -0.984. The van der Waals surface area contributed by atoms with Crippen molar-refractivity contribution in [3.8, 4) is 0 Å². The Morgan fingerprint density at radius 1 is 1.17 bits per heavy atom. The van der Waals surface area contributed by atoms with E-state index >= 15 is 0 Å². The van der Waals surface area contributed by atoms with Crippen LogP contribution >= 0.6 is 0 Å². The van der Waals surface area contributed by atoms with E-state index in [4.69, 9.17) is 9.47 Å². The fraction of sp³-hybridized carbons (Fsp3) is 0.444. The lowest BCUT2D eigenvalue weighted by molar-refractivity contribution is -0.170. The highest BCUT2D eigenvalue weighted by Crippen LogP contribution is 2.47. The molecular weight excluding hydrogens is 294 g/mol. The zero-order valence-corrected chi connectivity index (χ0v) is 13.9. The van der Waals surface area contributed by atoms with Gasteiger partial charge in [-0.3, -0.25) is 9.59 Å². The molecular formula is C18H21NO4. The Morgan fingerprint density at radius 2 is 1.78 bits per heavy atom. The van der Waals surface area contributed by atoms with E-state index < -0.39 is 17.4 Å². The van der Waals surface area contributed by atoms with Gasteiger partial charge in [0.15, 0.2) is 5.41 Å². The number of benzene rings is 1. The molecule has 122 valence electrons. The van der Waals surface area contributed by atoms with Gasteiger partial charge in [0.1, 0.15) is 0 Å². The molecule has 0 spiro atoms. The molecule has 1 aromatic heterocycles. The molecule has 1 aromatic carbocycles. The molecule has 1 aliphatic carbocycles. The van der Waals surface area contributed by atoms with E-state index in [1.54, 1.807) is 0 Å². The Hall–Kier alpha value is -2.30. The molecule has 5 heteroatoms. The van der Waals surface area contributed by atoms with Crippen molar-refractivity contribution in [2.24, 2.45) is 12.5 Å². The van der Waals surface area contributed by atoms with Crippen molar-refractivity contribution in [3.63, 3.8) is 0 Å². The molecule has 3 rings (SSSR count). The van der Waals surface area contributed by atoms with Crippen LogP contribution in [0.1, 0.15) is 30.5 Å². The maximum atomic E-state index is 12.4. The first-order valence-corrected chi connectivity index (χ1v) is 7.69. The van der Waals surface area contributed by atoms with Crippen molar-refractivity contribution >= 4 is 22.8 Å². The highest BCUT2D eigenvalue weighted by molar-refractivity contribution is 6.01. The van der Waals surface area contributed by atoms with Crippen molar-refractivity contribution in [1.29, 1.82) is 0 Å². The number of carbonyl (C=O) groups excluding carboxylic acids is 2. The van der Waals surface area contributed by atoms with Crippen molar-refractivity contribution in [1.82, 2.24) is 4.57 Å². The van der Waals surface area contributed by atoms with Gasteiger partial charge in [0.05, 0.1) is 14.2 Å². The number of para-hydroxylation sites is 1. The molecule has 0 aliphatic heterocycles. The maximum absolute atomic E-state index is 12.4. The lowest BCUT2D eigenvalue weighted by Crippen LogP contribution is -2.46. The molecule has 0 N–H and O–H groups in total. The molecule has 2 aromatic rings. The van der Waals surface area contributed by atoms with Gasteiger partial charge in [-0.15, -0.1) is 0 Å². The van der Waals surface area contributed by atoms with Gasteiger partial charge < -0.3 is 14.0 Å². The molecule has 1 unspecified atom stereocenters. The molecule has 0 saturated carbocycles. The fourth-order valence-corrected chi connectivity index (χ4v) is 4.01. The molecule has 23 heavy (non-hydrogen) atoms. The van der Waals surface area contributed by atoms with Crippen molar-refractivity contribution in [3.05, 3.63) is 35.5 Å². The maximum Gasteiger partial charge on any atom is 0.323 e. The second-order valence-electron chi connectivity index (χ2n) is 6.28. The van der Waals surface area contributed by atoms with Gasteiger partial charge in [0.2, 0.25) is 0 Å². The second kappa shape index (κ2) is 5.41.